The van der Waals surface area contributed by atoms with Gasteiger partial charge in [-0.2, -0.15) is 5.10 Å². The van der Waals surface area contributed by atoms with Gasteiger partial charge in [-0.15, -0.1) is 0 Å². The molecule has 4 heteroatoms. The maximum Gasteiger partial charge on any atom is 0.121 e. The quantitative estimate of drug-likeness (QED) is 0.896. The van der Waals surface area contributed by atoms with Gasteiger partial charge in [0.2, 0.25) is 0 Å². The standard InChI is InChI=1S/C15H21N3O/c1-5-16-15(13-9-17-18(3)10-13)12-6-7-14(19-4)11(2)8-12/h6-10,15-16H,5H2,1-4H3. The van der Waals surface area contributed by atoms with Crippen molar-refractivity contribution in [3.05, 3.63) is 47.3 Å². The lowest BCUT2D eigenvalue weighted by molar-refractivity contribution is 0.411. The van der Waals surface area contributed by atoms with Crippen LogP contribution in [0.3, 0.4) is 0 Å². The summed E-state index contributed by atoms with van der Waals surface area (Å²) in [5, 5.41) is 7.75. The summed E-state index contributed by atoms with van der Waals surface area (Å²) >= 11 is 0. The molecule has 0 aliphatic carbocycles. The molecule has 1 N–H and O–H groups in total. The molecule has 0 saturated carbocycles. The van der Waals surface area contributed by atoms with Crippen LogP contribution in [0, 0.1) is 6.92 Å². The number of nitrogens with one attached hydrogen (secondary N) is 1. The van der Waals surface area contributed by atoms with Crippen LogP contribution in [0.25, 0.3) is 0 Å². The molecule has 1 heterocycles. The summed E-state index contributed by atoms with van der Waals surface area (Å²) in [6, 6.07) is 6.46. The predicted octanol–water partition coefficient (Wildman–Crippen LogP) is 2.44. The molecule has 1 unspecified atom stereocenters. The Labute approximate surface area is 114 Å². The van der Waals surface area contributed by atoms with Crippen LogP contribution in [0.1, 0.15) is 29.7 Å². The summed E-state index contributed by atoms with van der Waals surface area (Å²) in [5.74, 6) is 0.921. The smallest absolute Gasteiger partial charge is 0.121 e. The highest BCUT2D eigenvalue weighted by molar-refractivity contribution is 5.40. The van der Waals surface area contributed by atoms with Gasteiger partial charge in [0, 0.05) is 18.8 Å². The molecule has 1 atom stereocenters. The Morgan fingerprint density at radius 1 is 1.37 bits per heavy atom. The Bertz CT molecular complexity index is 548. The monoisotopic (exact) mass is 259 g/mol. The molecule has 0 fully saturated rings. The molecule has 19 heavy (non-hydrogen) atoms. The van der Waals surface area contributed by atoms with E-state index in [1.165, 1.54) is 11.1 Å². The second-order valence-electron chi connectivity index (χ2n) is 4.67. The van der Waals surface area contributed by atoms with Gasteiger partial charge in [0.05, 0.1) is 19.3 Å². The van der Waals surface area contributed by atoms with Gasteiger partial charge in [-0.3, -0.25) is 4.68 Å². The number of ether oxygens (including phenoxy) is 1. The number of aromatic nitrogens is 2. The maximum atomic E-state index is 5.31. The third-order valence-electron chi connectivity index (χ3n) is 3.22. The zero-order chi connectivity index (χ0) is 13.8. The van der Waals surface area contributed by atoms with Crippen LogP contribution < -0.4 is 10.1 Å². The highest BCUT2D eigenvalue weighted by Gasteiger charge is 2.15. The molecule has 1 aromatic carbocycles. The van der Waals surface area contributed by atoms with Crippen LogP contribution in [-0.4, -0.2) is 23.4 Å². The molecule has 0 saturated heterocycles. The van der Waals surface area contributed by atoms with E-state index in [1.54, 1.807) is 7.11 Å². The van der Waals surface area contributed by atoms with Gasteiger partial charge in [0.1, 0.15) is 5.75 Å². The van der Waals surface area contributed by atoms with Crippen LogP contribution in [0.15, 0.2) is 30.6 Å². The molecule has 0 bridgehead atoms. The van der Waals surface area contributed by atoms with E-state index in [4.69, 9.17) is 4.74 Å². The van der Waals surface area contributed by atoms with E-state index >= 15 is 0 Å². The summed E-state index contributed by atoms with van der Waals surface area (Å²) in [6.45, 7) is 5.08. The number of aryl methyl sites for hydroxylation is 2. The van der Waals surface area contributed by atoms with E-state index < -0.39 is 0 Å². The minimum Gasteiger partial charge on any atom is -0.496 e. The van der Waals surface area contributed by atoms with Gasteiger partial charge in [-0.05, 0) is 30.7 Å². The molecule has 2 aromatic rings. The van der Waals surface area contributed by atoms with Crippen LogP contribution >= 0.6 is 0 Å². The molecule has 2 rings (SSSR count). The average Bonchev–Trinajstić information content (AvgIpc) is 2.82. The van der Waals surface area contributed by atoms with Crippen LogP contribution in [-0.2, 0) is 7.05 Å². The third-order valence-corrected chi connectivity index (χ3v) is 3.22. The fourth-order valence-corrected chi connectivity index (χ4v) is 2.30. The second kappa shape index (κ2) is 5.89. The Hall–Kier alpha value is -1.81. The number of rotatable bonds is 5. The van der Waals surface area contributed by atoms with E-state index in [-0.39, 0.29) is 6.04 Å². The maximum absolute atomic E-state index is 5.31. The number of benzene rings is 1. The van der Waals surface area contributed by atoms with Crippen molar-refractivity contribution in [3.8, 4) is 5.75 Å². The van der Waals surface area contributed by atoms with Crippen LogP contribution in [0.4, 0.5) is 0 Å². The van der Waals surface area contributed by atoms with E-state index in [0.717, 1.165) is 17.9 Å². The molecular formula is C15H21N3O. The first-order valence-corrected chi connectivity index (χ1v) is 6.52. The zero-order valence-electron chi connectivity index (χ0n) is 12.0. The highest BCUT2D eigenvalue weighted by Crippen LogP contribution is 2.26. The minimum atomic E-state index is 0.170. The fraction of sp³-hybridized carbons (Fsp3) is 0.400. The largest absolute Gasteiger partial charge is 0.496 e. The van der Waals surface area contributed by atoms with Crippen molar-refractivity contribution < 1.29 is 4.74 Å². The van der Waals surface area contributed by atoms with Crippen molar-refractivity contribution in [2.24, 2.45) is 7.05 Å². The van der Waals surface area contributed by atoms with E-state index in [1.807, 2.05) is 30.2 Å². The van der Waals surface area contributed by atoms with Crippen LogP contribution in [0.5, 0.6) is 5.75 Å². The Morgan fingerprint density at radius 3 is 2.68 bits per heavy atom. The first-order valence-electron chi connectivity index (χ1n) is 6.52. The van der Waals surface area contributed by atoms with Gasteiger partial charge in [-0.25, -0.2) is 0 Å². The lowest BCUT2D eigenvalue weighted by atomic mass is 9.99. The van der Waals surface area contributed by atoms with Crippen molar-refractivity contribution in [2.45, 2.75) is 19.9 Å². The highest BCUT2D eigenvalue weighted by atomic mass is 16.5. The lowest BCUT2D eigenvalue weighted by Gasteiger charge is -2.18. The molecule has 0 radical (unpaired) electrons. The minimum absolute atomic E-state index is 0.170. The summed E-state index contributed by atoms with van der Waals surface area (Å²) in [5.41, 5.74) is 3.55. The van der Waals surface area contributed by atoms with Crippen molar-refractivity contribution in [2.75, 3.05) is 13.7 Å². The van der Waals surface area contributed by atoms with Crippen LogP contribution in [0.2, 0.25) is 0 Å². The summed E-state index contributed by atoms with van der Waals surface area (Å²) < 4.78 is 7.14. The van der Waals surface area contributed by atoms with Gasteiger partial charge >= 0.3 is 0 Å². The number of hydrogen-bond donors (Lipinski definition) is 1. The summed E-state index contributed by atoms with van der Waals surface area (Å²) in [7, 11) is 3.64. The van der Waals surface area contributed by atoms with Crippen molar-refractivity contribution in [1.29, 1.82) is 0 Å². The van der Waals surface area contributed by atoms with E-state index in [0.29, 0.717) is 0 Å². The molecule has 4 nitrogen and oxygen atoms in total. The molecule has 102 valence electrons. The molecule has 0 spiro atoms. The number of methoxy groups -OCH3 is 1. The number of hydrogen-bond acceptors (Lipinski definition) is 3. The van der Waals surface area contributed by atoms with Gasteiger partial charge in [0.25, 0.3) is 0 Å². The molecule has 0 aliphatic rings. The van der Waals surface area contributed by atoms with E-state index in [2.05, 4.69) is 36.4 Å². The van der Waals surface area contributed by atoms with Gasteiger partial charge < -0.3 is 10.1 Å². The second-order valence-corrected chi connectivity index (χ2v) is 4.67. The van der Waals surface area contributed by atoms with E-state index in [9.17, 15) is 0 Å². The van der Waals surface area contributed by atoms with Gasteiger partial charge in [-0.1, -0.05) is 19.1 Å². The SMILES string of the molecule is CCNC(c1ccc(OC)c(C)c1)c1cnn(C)c1. The molecule has 1 aromatic heterocycles. The topological polar surface area (TPSA) is 39.1 Å². The first-order chi connectivity index (χ1) is 9.15. The summed E-state index contributed by atoms with van der Waals surface area (Å²) in [4.78, 5) is 0. The Balaban J connectivity index is 2.36. The predicted molar refractivity (Wildman–Crippen MR) is 76.5 cm³/mol. The normalized spacial score (nSPS) is 12.4. The van der Waals surface area contributed by atoms with Crippen molar-refractivity contribution >= 4 is 0 Å². The van der Waals surface area contributed by atoms with Crippen molar-refractivity contribution in [3.63, 3.8) is 0 Å². The summed E-state index contributed by atoms with van der Waals surface area (Å²) in [6.07, 6.45) is 3.96. The fourth-order valence-electron chi connectivity index (χ4n) is 2.30. The third kappa shape index (κ3) is 2.96. The first kappa shape index (κ1) is 13.6. The zero-order valence-corrected chi connectivity index (χ0v) is 12.0. The Morgan fingerprint density at radius 2 is 2.16 bits per heavy atom. The Kier molecular flexibility index (Phi) is 4.22. The average molecular weight is 259 g/mol. The lowest BCUT2D eigenvalue weighted by Crippen LogP contribution is -2.21. The number of nitrogens with zero attached hydrogens (tertiary/aromatic N) is 2. The molecule has 0 aliphatic heterocycles. The van der Waals surface area contributed by atoms with Gasteiger partial charge in [0.15, 0.2) is 0 Å². The van der Waals surface area contributed by atoms with Crippen molar-refractivity contribution in [1.82, 2.24) is 15.1 Å². The molecule has 0 amide bonds. The molecular weight excluding hydrogens is 238 g/mol.